The highest BCUT2D eigenvalue weighted by Gasteiger charge is 2.08. The number of carbonyl (C=O) groups is 1. The van der Waals surface area contributed by atoms with Gasteiger partial charge in [-0.3, -0.25) is 9.79 Å². The Labute approximate surface area is 189 Å². The number of carbonyl (C=O) groups excluding carboxylic acids is 1. The van der Waals surface area contributed by atoms with E-state index in [-0.39, 0.29) is 35.7 Å². The van der Waals surface area contributed by atoms with Crippen molar-refractivity contribution in [2.24, 2.45) is 4.99 Å². The molecule has 29 heavy (non-hydrogen) atoms. The Balaban J connectivity index is 0.00000420. The second-order valence-electron chi connectivity index (χ2n) is 6.72. The highest BCUT2D eigenvalue weighted by Crippen LogP contribution is 2.08. The molecule has 0 spiro atoms. The normalized spacial score (nSPS) is 10.8. The van der Waals surface area contributed by atoms with Crippen LogP contribution in [0.15, 0.2) is 53.5 Å². The number of guanidine groups is 1. The van der Waals surface area contributed by atoms with Gasteiger partial charge in [0.05, 0.1) is 0 Å². The van der Waals surface area contributed by atoms with E-state index in [1.165, 1.54) is 6.07 Å². The topological polar surface area (TPSA) is 56.7 Å². The van der Waals surface area contributed by atoms with Crippen molar-refractivity contribution in [1.29, 1.82) is 0 Å². The van der Waals surface area contributed by atoms with E-state index in [0.29, 0.717) is 18.7 Å². The predicted molar refractivity (Wildman–Crippen MR) is 128 cm³/mol. The van der Waals surface area contributed by atoms with Crippen LogP contribution in [0.3, 0.4) is 0 Å². The average Bonchev–Trinajstić information content (AvgIpc) is 2.67. The van der Waals surface area contributed by atoms with Crippen molar-refractivity contribution in [3.8, 4) is 0 Å². The minimum atomic E-state index is -0.215. The molecule has 5 nitrogen and oxygen atoms in total. The zero-order valence-corrected chi connectivity index (χ0v) is 19.6. The lowest BCUT2D eigenvalue weighted by Crippen LogP contribution is -2.38. The van der Waals surface area contributed by atoms with Gasteiger partial charge < -0.3 is 15.5 Å². The lowest BCUT2D eigenvalue weighted by atomic mass is 10.1. The Morgan fingerprint density at radius 1 is 1.03 bits per heavy atom. The molecule has 1 amide bonds. The van der Waals surface area contributed by atoms with Crippen LogP contribution in [0.25, 0.3) is 0 Å². The molecular weight excluding hydrogens is 482 g/mol. The molecule has 7 heteroatoms. The van der Waals surface area contributed by atoms with Crippen molar-refractivity contribution in [2.45, 2.75) is 19.8 Å². The number of amides is 1. The van der Waals surface area contributed by atoms with Gasteiger partial charge in [-0.25, -0.2) is 4.39 Å². The highest BCUT2D eigenvalue weighted by atomic mass is 127. The van der Waals surface area contributed by atoms with Gasteiger partial charge in [-0.2, -0.15) is 0 Å². The van der Waals surface area contributed by atoms with E-state index in [2.05, 4.69) is 15.6 Å². The molecule has 0 unspecified atom stereocenters. The maximum absolute atomic E-state index is 13.2. The molecule has 0 aliphatic carbocycles. The molecule has 2 aromatic carbocycles. The summed E-state index contributed by atoms with van der Waals surface area (Å²) in [6.45, 7) is 4.05. The van der Waals surface area contributed by atoms with E-state index < -0.39 is 0 Å². The van der Waals surface area contributed by atoms with Gasteiger partial charge in [0.15, 0.2) is 5.96 Å². The Morgan fingerprint density at radius 3 is 2.38 bits per heavy atom. The molecule has 0 aliphatic rings. The van der Waals surface area contributed by atoms with Gasteiger partial charge in [-0.15, -0.1) is 24.0 Å². The lowest BCUT2D eigenvalue weighted by Gasteiger charge is -2.12. The Bertz CT molecular complexity index is 811. The van der Waals surface area contributed by atoms with E-state index >= 15 is 0 Å². The molecule has 0 saturated carbocycles. The standard InChI is InChI=1S/C22H29FN4O.HI/c1-4-24-22(26-14-12-18-8-6-10-20(23)16-18)25-13-11-17-7-5-9-19(15-17)21(28)27(2)3;/h5-10,15-16H,4,11-14H2,1-3H3,(H2,24,25,26);1H. The molecule has 0 saturated heterocycles. The lowest BCUT2D eigenvalue weighted by molar-refractivity contribution is 0.0827. The molecule has 158 valence electrons. The van der Waals surface area contributed by atoms with E-state index in [4.69, 9.17) is 0 Å². The zero-order chi connectivity index (χ0) is 20.4. The molecular formula is C22H30FIN4O. The molecule has 2 N–H and O–H groups in total. The molecule has 0 radical (unpaired) electrons. The maximum atomic E-state index is 13.2. The molecule has 2 aromatic rings. The molecule has 0 bridgehead atoms. The summed E-state index contributed by atoms with van der Waals surface area (Å²) in [5.74, 6) is 0.519. The van der Waals surface area contributed by atoms with Gasteiger partial charge in [0.25, 0.3) is 5.91 Å². The minimum Gasteiger partial charge on any atom is -0.357 e. The number of aliphatic imine (C=N–C) groups is 1. The summed E-state index contributed by atoms with van der Waals surface area (Å²) in [5.41, 5.74) is 2.71. The molecule has 2 rings (SSSR count). The van der Waals surface area contributed by atoms with Gasteiger partial charge >= 0.3 is 0 Å². The van der Waals surface area contributed by atoms with Crippen LogP contribution < -0.4 is 10.6 Å². The number of halogens is 2. The van der Waals surface area contributed by atoms with Gasteiger partial charge in [0.1, 0.15) is 5.82 Å². The fourth-order valence-electron chi connectivity index (χ4n) is 2.77. The first kappa shape index (κ1) is 24.9. The van der Waals surface area contributed by atoms with Crippen molar-refractivity contribution in [3.05, 3.63) is 71.0 Å². The number of hydrogen-bond donors (Lipinski definition) is 2. The smallest absolute Gasteiger partial charge is 0.253 e. The van der Waals surface area contributed by atoms with E-state index in [1.54, 1.807) is 31.1 Å². The van der Waals surface area contributed by atoms with Crippen LogP contribution >= 0.6 is 24.0 Å². The molecule has 0 heterocycles. The first-order valence-corrected chi connectivity index (χ1v) is 9.57. The third-order valence-corrected chi connectivity index (χ3v) is 4.19. The van der Waals surface area contributed by atoms with E-state index in [0.717, 1.165) is 36.5 Å². The summed E-state index contributed by atoms with van der Waals surface area (Å²) in [6.07, 6.45) is 1.46. The SMILES string of the molecule is CCNC(=NCCc1cccc(C(=O)N(C)C)c1)NCCc1cccc(F)c1.I. The number of nitrogens with one attached hydrogen (secondary N) is 2. The zero-order valence-electron chi connectivity index (χ0n) is 17.2. The van der Waals surface area contributed by atoms with Crippen LogP contribution in [0.1, 0.15) is 28.4 Å². The number of nitrogens with zero attached hydrogens (tertiary/aromatic N) is 2. The number of hydrogen-bond acceptors (Lipinski definition) is 2. The minimum absolute atomic E-state index is 0. The summed E-state index contributed by atoms with van der Waals surface area (Å²) in [7, 11) is 3.50. The second kappa shape index (κ2) is 13.1. The van der Waals surface area contributed by atoms with Crippen LogP contribution in [0.4, 0.5) is 4.39 Å². The van der Waals surface area contributed by atoms with Crippen molar-refractivity contribution >= 4 is 35.8 Å². The largest absolute Gasteiger partial charge is 0.357 e. The third kappa shape index (κ3) is 8.81. The number of rotatable bonds is 8. The van der Waals surface area contributed by atoms with Crippen LogP contribution in [-0.2, 0) is 12.8 Å². The molecule has 0 aromatic heterocycles. The summed E-state index contributed by atoms with van der Waals surface area (Å²) in [4.78, 5) is 18.2. The average molecular weight is 512 g/mol. The third-order valence-electron chi connectivity index (χ3n) is 4.19. The summed E-state index contributed by atoms with van der Waals surface area (Å²) >= 11 is 0. The maximum Gasteiger partial charge on any atom is 0.253 e. The van der Waals surface area contributed by atoms with Gasteiger partial charge in [-0.05, 0) is 55.2 Å². The van der Waals surface area contributed by atoms with Crippen LogP contribution in [-0.4, -0.2) is 50.5 Å². The summed E-state index contributed by atoms with van der Waals surface area (Å²) < 4.78 is 13.2. The van der Waals surface area contributed by atoms with Crippen molar-refractivity contribution in [1.82, 2.24) is 15.5 Å². The second-order valence-corrected chi connectivity index (χ2v) is 6.72. The van der Waals surface area contributed by atoms with Crippen LogP contribution in [0.2, 0.25) is 0 Å². The fourth-order valence-corrected chi connectivity index (χ4v) is 2.77. The van der Waals surface area contributed by atoms with Crippen LogP contribution in [0.5, 0.6) is 0 Å². The van der Waals surface area contributed by atoms with Gasteiger partial charge in [0, 0.05) is 39.3 Å². The predicted octanol–water partition coefficient (Wildman–Crippen LogP) is 3.49. The van der Waals surface area contributed by atoms with Gasteiger partial charge in [-0.1, -0.05) is 24.3 Å². The molecule has 0 fully saturated rings. The Kier molecular flexibility index (Phi) is 11.3. The van der Waals surface area contributed by atoms with E-state index in [9.17, 15) is 9.18 Å². The van der Waals surface area contributed by atoms with Crippen LogP contribution in [0, 0.1) is 5.82 Å². The first-order chi connectivity index (χ1) is 13.5. The summed E-state index contributed by atoms with van der Waals surface area (Å²) in [6, 6.07) is 14.3. The quantitative estimate of drug-likeness (QED) is 0.324. The Morgan fingerprint density at radius 2 is 1.72 bits per heavy atom. The molecule has 0 aliphatic heterocycles. The van der Waals surface area contributed by atoms with Crippen molar-refractivity contribution < 1.29 is 9.18 Å². The van der Waals surface area contributed by atoms with E-state index in [1.807, 2.05) is 37.3 Å². The first-order valence-electron chi connectivity index (χ1n) is 9.57. The van der Waals surface area contributed by atoms with Gasteiger partial charge in [0.2, 0.25) is 0 Å². The fraction of sp³-hybridized carbons (Fsp3) is 0.364. The monoisotopic (exact) mass is 512 g/mol. The number of benzene rings is 2. The molecule has 0 atom stereocenters. The van der Waals surface area contributed by atoms with Crippen molar-refractivity contribution in [2.75, 3.05) is 33.7 Å². The highest BCUT2D eigenvalue weighted by molar-refractivity contribution is 14.0. The summed E-state index contributed by atoms with van der Waals surface area (Å²) in [5, 5.41) is 6.49. The van der Waals surface area contributed by atoms with Crippen molar-refractivity contribution in [3.63, 3.8) is 0 Å². The Hall–Kier alpha value is -2.16.